The van der Waals surface area contributed by atoms with Crippen LogP contribution in [0.5, 0.6) is 0 Å². The Bertz CT molecular complexity index is 1250. The van der Waals surface area contributed by atoms with Crippen LogP contribution in [0.25, 0.3) is 0 Å². The van der Waals surface area contributed by atoms with Gasteiger partial charge in [-0.3, -0.25) is 4.79 Å². The molecule has 1 heterocycles. The summed E-state index contributed by atoms with van der Waals surface area (Å²) in [6.45, 7) is 5.73. The molecule has 1 saturated heterocycles. The van der Waals surface area contributed by atoms with Crippen LogP contribution in [0.1, 0.15) is 67.4 Å². The maximum absolute atomic E-state index is 13.9. The Labute approximate surface area is 238 Å². The highest BCUT2D eigenvalue weighted by Crippen LogP contribution is 2.48. The van der Waals surface area contributed by atoms with E-state index in [1.165, 1.54) is 7.11 Å². The van der Waals surface area contributed by atoms with Crippen molar-refractivity contribution in [3.05, 3.63) is 71.3 Å². The van der Waals surface area contributed by atoms with Crippen LogP contribution >= 0.6 is 0 Å². The smallest absolute Gasteiger partial charge is 0.465 e. The number of nitrogens with zero attached hydrogens (tertiary/aromatic N) is 2. The molecule has 4 rings (SSSR count). The molecule has 0 bridgehead atoms. The molecule has 2 aromatic rings. The number of carbonyl (C=O) groups excluding carboxylic acids is 3. The molecule has 41 heavy (non-hydrogen) atoms. The molecule has 2 aliphatic rings. The van der Waals surface area contributed by atoms with E-state index in [9.17, 15) is 27.6 Å². The summed E-state index contributed by atoms with van der Waals surface area (Å²) in [5, 5.41) is 0. The molecular formula is C31H37F3N2O5. The van der Waals surface area contributed by atoms with Crippen LogP contribution in [0.4, 0.5) is 18.0 Å². The molecule has 1 aliphatic carbocycles. The number of amides is 2. The third kappa shape index (κ3) is 7.59. The van der Waals surface area contributed by atoms with Crippen molar-refractivity contribution in [1.29, 1.82) is 0 Å². The van der Waals surface area contributed by atoms with Gasteiger partial charge in [-0.05, 0) is 75.1 Å². The fourth-order valence-corrected chi connectivity index (χ4v) is 5.69. The molecule has 0 radical (unpaired) electrons. The summed E-state index contributed by atoms with van der Waals surface area (Å²) < 4.78 is 52.1. The first kappa shape index (κ1) is 30.4. The molecule has 2 atom stereocenters. The van der Waals surface area contributed by atoms with E-state index < -0.39 is 41.2 Å². The van der Waals surface area contributed by atoms with Crippen molar-refractivity contribution < 1.29 is 37.0 Å². The summed E-state index contributed by atoms with van der Waals surface area (Å²) in [5.41, 5.74) is 0.526. The molecule has 0 spiro atoms. The number of likely N-dealkylation sites (tertiary alicyclic amines) is 1. The van der Waals surface area contributed by atoms with Crippen molar-refractivity contribution in [2.45, 2.75) is 70.2 Å². The summed E-state index contributed by atoms with van der Waals surface area (Å²) >= 11 is 0. The summed E-state index contributed by atoms with van der Waals surface area (Å²) in [6, 6.07) is 15.5. The van der Waals surface area contributed by atoms with Crippen molar-refractivity contribution in [2.24, 2.45) is 5.41 Å². The topological polar surface area (TPSA) is 76.2 Å². The zero-order valence-electron chi connectivity index (χ0n) is 23.9. The van der Waals surface area contributed by atoms with Gasteiger partial charge in [-0.2, -0.15) is 13.2 Å². The van der Waals surface area contributed by atoms with Crippen LogP contribution in [0.3, 0.4) is 0 Å². The average Bonchev–Trinajstić information content (AvgIpc) is 3.71. The molecule has 10 heteroatoms. The van der Waals surface area contributed by atoms with Crippen LogP contribution in [-0.2, 0) is 20.7 Å². The van der Waals surface area contributed by atoms with Gasteiger partial charge in [0.05, 0.1) is 12.7 Å². The van der Waals surface area contributed by atoms with Gasteiger partial charge in [-0.1, -0.05) is 42.5 Å². The number of esters is 1. The highest BCUT2D eigenvalue weighted by molar-refractivity contribution is 5.89. The number of benzene rings is 2. The lowest BCUT2D eigenvalue weighted by molar-refractivity contribution is -0.188. The van der Waals surface area contributed by atoms with Gasteiger partial charge in [0.1, 0.15) is 5.60 Å². The first-order valence-electron chi connectivity index (χ1n) is 13.8. The SMILES string of the molecule is COC(=O)c1cccc(CC2(CN(C(=O)C(F)(F)F)[C@@H]3C[C@H]3c3ccccc3)CCN(C(=O)OC(C)(C)C)CC2)c1. The predicted molar refractivity (Wildman–Crippen MR) is 146 cm³/mol. The molecular weight excluding hydrogens is 537 g/mol. The van der Waals surface area contributed by atoms with E-state index in [1.807, 2.05) is 36.4 Å². The molecule has 7 nitrogen and oxygen atoms in total. The molecule has 0 unspecified atom stereocenters. The number of rotatable bonds is 7. The fourth-order valence-electron chi connectivity index (χ4n) is 5.69. The maximum Gasteiger partial charge on any atom is 0.471 e. The van der Waals surface area contributed by atoms with E-state index in [2.05, 4.69) is 0 Å². The monoisotopic (exact) mass is 574 g/mol. The van der Waals surface area contributed by atoms with E-state index in [1.54, 1.807) is 43.9 Å². The molecule has 2 amide bonds. The Hall–Kier alpha value is -3.56. The zero-order chi connectivity index (χ0) is 30.0. The average molecular weight is 575 g/mol. The number of carbonyl (C=O) groups is 3. The molecule has 2 aromatic carbocycles. The summed E-state index contributed by atoms with van der Waals surface area (Å²) in [6.07, 6.45) is -4.01. The zero-order valence-corrected chi connectivity index (χ0v) is 23.9. The van der Waals surface area contributed by atoms with Gasteiger partial charge in [0.2, 0.25) is 0 Å². The fraction of sp³-hybridized carbons (Fsp3) is 0.516. The Balaban J connectivity index is 1.63. The second kappa shape index (κ2) is 11.7. The van der Waals surface area contributed by atoms with Gasteiger partial charge in [0.15, 0.2) is 0 Å². The number of hydrogen-bond acceptors (Lipinski definition) is 5. The normalized spacial score (nSPS) is 20.2. The Morgan fingerprint density at radius 2 is 1.66 bits per heavy atom. The lowest BCUT2D eigenvalue weighted by atomic mass is 9.73. The second-order valence-electron chi connectivity index (χ2n) is 12.1. The van der Waals surface area contributed by atoms with Gasteiger partial charge >= 0.3 is 24.1 Å². The van der Waals surface area contributed by atoms with Gasteiger partial charge in [0, 0.05) is 31.6 Å². The predicted octanol–water partition coefficient (Wildman–Crippen LogP) is 5.98. The third-order valence-corrected chi connectivity index (χ3v) is 7.80. The Morgan fingerprint density at radius 3 is 2.24 bits per heavy atom. The van der Waals surface area contributed by atoms with Crippen LogP contribution in [0.2, 0.25) is 0 Å². The van der Waals surface area contributed by atoms with Crippen molar-refractivity contribution in [1.82, 2.24) is 9.80 Å². The van der Waals surface area contributed by atoms with Crippen molar-refractivity contribution >= 4 is 18.0 Å². The standard InChI is InChI=1S/C31H37F3N2O5/c1-29(2,3)41-28(39)35-15-13-30(14-16-35,19-21-9-8-12-23(17-21)26(37)40-4)20-36(27(38)31(32,33)34)25-18-24(25)22-10-6-5-7-11-22/h5-12,17,24-25H,13-16,18-20H2,1-4H3/t24-,25+/m0/s1. The van der Waals surface area contributed by atoms with Crippen molar-refractivity contribution in [3.63, 3.8) is 0 Å². The molecule has 222 valence electrons. The highest BCUT2D eigenvalue weighted by atomic mass is 19.4. The number of halogens is 3. The van der Waals surface area contributed by atoms with Crippen LogP contribution in [0, 0.1) is 5.41 Å². The number of hydrogen-bond donors (Lipinski definition) is 0. The number of ether oxygens (including phenoxy) is 2. The van der Waals surface area contributed by atoms with Crippen molar-refractivity contribution in [3.8, 4) is 0 Å². The number of alkyl halides is 3. The summed E-state index contributed by atoms with van der Waals surface area (Å²) in [4.78, 5) is 40.3. The number of methoxy groups -OCH3 is 1. The maximum atomic E-state index is 13.9. The summed E-state index contributed by atoms with van der Waals surface area (Å²) in [7, 11) is 1.28. The highest BCUT2D eigenvalue weighted by Gasteiger charge is 2.54. The van der Waals surface area contributed by atoms with E-state index in [-0.39, 0.29) is 25.6 Å². The molecule has 0 N–H and O–H groups in total. The number of piperidine rings is 1. The lowest BCUT2D eigenvalue weighted by Gasteiger charge is -2.45. The van der Waals surface area contributed by atoms with Crippen LogP contribution in [0.15, 0.2) is 54.6 Å². The van der Waals surface area contributed by atoms with E-state index in [0.29, 0.717) is 31.2 Å². The quantitative estimate of drug-likeness (QED) is 0.381. The Kier molecular flexibility index (Phi) is 8.70. The minimum Gasteiger partial charge on any atom is -0.465 e. The molecule has 1 aliphatic heterocycles. The summed E-state index contributed by atoms with van der Waals surface area (Å²) in [5.74, 6) is -2.54. The molecule has 1 saturated carbocycles. The minimum atomic E-state index is -5.02. The van der Waals surface area contributed by atoms with Gasteiger partial charge in [-0.15, -0.1) is 0 Å². The third-order valence-electron chi connectivity index (χ3n) is 7.80. The first-order valence-corrected chi connectivity index (χ1v) is 13.8. The molecule has 0 aromatic heterocycles. The van der Waals surface area contributed by atoms with Gasteiger partial charge in [-0.25, -0.2) is 9.59 Å². The minimum absolute atomic E-state index is 0.121. The van der Waals surface area contributed by atoms with Gasteiger partial charge < -0.3 is 19.3 Å². The van der Waals surface area contributed by atoms with Crippen molar-refractivity contribution in [2.75, 3.05) is 26.7 Å². The van der Waals surface area contributed by atoms with Crippen LogP contribution in [-0.4, -0.2) is 72.3 Å². The van der Waals surface area contributed by atoms with E-state index in [4.69, 9.17) is 9.47 Å². The Morgan fingerprint density at radius 1 is 1.00 bits per heavy atom. The lowest BCUT2D eigenvalue weighted by Crippen LogP contribution is -2.53. The first-order chi connectivity index (χ1) is 19.2. The van der Waals surface area contributed by atoms with E-state index >= 15 is 0 Å². The van der Waals surface area contributed by atoms with Crippen LogP contribution < -0.4 is 0 Å². The van der Waals surface area contributed by atoms with Gasteiger partial charge in [0.25, 0.3) is 0 Å². The van der Waals surface area contributed by atoms with E-state index in [0.717, 1.165) is 16.0 Å². The molecule has 2 fully saturated rings. The largest absolute Gasteiger partial charge is 0.471 e. The second-order valence-corrected chi connectivity index (χ2v) is 12.1.